The lowest BCUT2D eigenvalue weighted by Gasteiger charge is -2.33. The summed E-state index contributed by atoms with van der Waals surface area (Å²) in [6, 6.07) is 0. The number of amides is 1. The third-order valence-corrected chi connectivity index (χ3v) is 3.19. The summed E-state index contributed by atoms with van der Waals surface area (Å²) in [5.41, 5.74) is 0. The van der Waals surface area contributed by atoms with Crippen LogP contribution in [0, 0.1) is 5.92 Å². The molecule has 19 heavy (non-hydrogen) atoms. The third-order valence-electron chi connectivity index (χ3n) is 3.19. The molecular formula is C12H22F3N3O. The molecule has 1 N–H and O–H groups in total. The predicted octanol–water partition coefficient (Wildman–Crippen LogP) is 0.938. The maximum absolute atomic E-state index is 11.9. The van der Waals surface area contributed by atoms with Crippen LogP contribution in [0.4, 0.5) is 13.2 Å². The van der Waals surface area contributed by atoms with E-state index in [1.165, 1.54) is 0 Å². The normalized spacial score (nSPS) is 18.1. The van der Waals surface area contributed by atoms with Gasteiger partial charge in [-0.2, -0.15) is 13.2 Å². The molecule has 0 radical (unpaired) electrons. The first-order valence-corrected chi connectivity index (χ1v) is 6.48. The van der Waals surface area contributed by atoms with Crippen LogP contribution < -0.4 is 5.32 Å². The van der Waals surface area contributed by atoms with Gasteiger partial charge < -0.3 is 15.1 Å². The summed E-state index contributed by atoms with van der Waals surface area (Å²) in [6.45, 7) is 0.929. The van der Waals surface area contributed by atoms with Gasteiger partial charge in [0.05, 0.1) is 13.1 Å². The van der Waals surface area contributed by atoms with Gasteiger partial charge in [0.25, 0.3) is 0 Å². The fourth-order valence-corrected chi connectivity index (χ4v) is 2.30. The minimum atomic E-state index is -4.26. The maximum Gasteiger partial charge on any atom is 0.401 e. The van der Waals surface area contributed by atoms with Crippen LogP contribution in [0.3, 0.4) is 0 Å². The second-order valence-corrected chi connectivity index (χ2v) is 5.31. The van der Waals surface area contributed by atoms with Gasteiger partial charge in [0.2, 0.25) is 5.91 Å². The first-order chi connectivity index (χ1) is 8.78. The van der Waals surface area contributed by atoms with Crippen molar-refractivity contribution >= 4 is 5.91 Å². The molecule has 7 heteroatoms. The van der Waals surface area contributed by atoms with Gasteiger partial charge >= 0.3 is 6.18 Å². The molecule has 0 aromatic heterocycles. The number of halogens is 3. The first kappa shape index (κ1) is 16.2. The summed E-state index contributed by atoms with van der Waals surface area (Å²) in [4.78, 5) is 15.5. The molecule has 1 rings (SSSR count). The molecule has 0 aliphatic carbocycles. The summed E-state index contributed by atoms with van der Waals surface area (Å²) in [5, 5.41) is 2.14. The number of nitrogens with zero attached hydrogens (tertiary/aromatic N) is 2. The van der Waals surface area contributed by atoms with Crippen LogP contribution in [-0.2, 0) is 4.79 Å². The lowest BCUT2D eigenvalue weighted by atomic mass is 9.96. The van der Waals surface area contributed by atoms with Crippen LogP contribution in [0.5, 0.6) is 0 Å². The molecular weight excluding hydrogens is 259 g/mol. The SMILES string of the molecule is CN(C)CC1CCN(C(=O)CNCC(F)(F)F)CC1. The van der Waals surface area contributed by atoms with Gasteiger partial charge in [0.15, 0.2) is 0 Å². The Hall–Kier alpha value is -0.820. The Morgan fingerprint density at radius 3 is 2.37 bits per heavy atom. The lowest BCUT2D eigenvalue weighted by Crippen LogP contribution is -2.45. The Kier molecular flexibility index (Phi) is 6.06. The van der Waals surface area contributed by atoms with Crippen LogP contribution in [0.25, 0.3) is 0 Å². The van der Waals surface area contributed by atoms with E-state index in [1.54, 1.807) is 4.90 Å². The van der Waals surface area contributed by atoms with Gasteiger partial charge in [-0.15, -0.1) is 0 Å². The zero-order valence-electron chi connectivity index (χ0n) is 11.5. The smallest absolute Gasteiger partial charge is 0.342 e. The average Bonchev–Trinajstić information content (AvgIpc) is 2.27. The summed E-state index contributed by atoms with van der Waals surface area (Å²) in [6.07, 6.45) is -2.43. The highest BCUT2D eigenvalue weighted by Crippen LogP contribution is 2.17. The maximum atomic E-state index is 11.9. The van der Waals surface area contributed by atoms with Crippen molar-refractivity contribution in [3.05, 3.63) is 0 Å². The third kappa shape index (κ3) is 6.77. The number of hydrogen-bond acceptors (Lipinski definition) is 3. The van der Waals surface area contributed by atoms with Gasteiger partial charge in [-0.05, 0) is 32.9 Å². The van der Waals surface area contributed by atoms with Crippen molar-refractivity contribution in [2.24, 2.45) is 5.92 Å². The number of likely N-dealkylation sites (tertiary alicyclic amines) is 1. The molecule has 1 saturated heterocycles. The number of carbonyl (C=O) groups is 1. The number of carbonyl (C=O) groups excluding carboxylic acids is 1. The van der Waals surface area contributed by atoms with Crippen LogP contribution in [0.15, 0.2) is 0 Å². The van der Waals surface area contributed by atoms with Crippen LogP contribution in [0.2, 0.25) is 0 Å². The van der Waals surface area contributed by atoms with E-state index >= 15 is 0 Å². The average molecular weight is 281 g/mol. The van der Waals surface area contributed by atoms with E-state index in [4.69, 9.17) is 0 Å². The number of alkyl halides is 3. The van der Waals surface area contributed by atoms with Crippen molar-refractivity contribution in [1.29, 1.82) is 0 Å². The molecule has 112 valence electrons. The summed E-state index contributed by atoms with van der Waals surface area (Å²) in [7, 11) is 4.02. The fraction of sp³-hybridized carbons (Fsp3) is 0.917. The topological polar surface area (TPSA) is 35.6 Å². The second kappa shape index (κ2) is 7.09. The van der Waals surface area contributed by atoms with E-state index in [9.17, 15) is 18.0 Å². The van der Waals surface area contributed by atoms with Gasteiger partial charge in [-0.25, -0.2) is 0 Å². The summed E-state index contributed by atoms with van der Waals surface area (Å²) in [5.74, 6) is 0.328. The van der Waals surface area contributed by atoms with E-state index in [-0.39, 0.29) is 12.5 Å². The van der Waals surface area contributed by atoms with Crippen molar-refractivity contribution < 1.29 is 18.0 Å². The lowest BCUT2D eigenvalue weighted by molar-refractivity contribution is -0.135. The van der Waals surface area contributed by atoms with Crippen molar-refractivity contribution in [2.45, 2.75) is 19.0 Å². The fourth-order valence-electron chi connectivity index (χ4n) is 2.30. The monoisotopic (exact) mass is 281 g/mol. The van der Waals surface area contributed by atoms with Gasteiger partial charge in [0, 0.05) is 19.6 Å². The minimum Gasteiger partial charge on any atom is -0.342 e. The molecule has 0 spiro atoms. The quantitative estimate of drug-likeness (QED) is 0.814. The molecule has 1 aliphatic heterocycles. The molecule has 0 bridgehead atoms. The highest BCUT2D eigenvalue weighted by atomic mass is 19.4. The van der Waals surface area contributed by atoms with Crippen LogP contribution in [0.1, 0.15) is 12.8 Å². The Morgan fingerprint density at radius 2 is 1.89 bits per heavy atom. The minimum absolute atomic E-state index is 0.238. The molecule has 0 atom stereocenters. The molecule has 0 unspecified atom stereocenters. The van der Waals surface area contributed by atoms with Gasteiger partial charge in [-0.1, -0.05) is 0 Å². The second-order valence-electron chi connectivity index (χ2n) is 5.31. The number of rotatable bonds is 5. The number of hydrogen-bond donors (Lipinski definition) is 1. The molecule has 1 heterocycles. The Labute approximate surface area is 111 Å². The van der Waals surface area contributed by atoms with E-state index in [0.717, 1.165) is 19.4 Å². The van der Waals surface area contributed by atoms with Crippen LogP contribution >= 0.6 is 0 Å². The molecule has 0 saturated carbocycles. The molecule has 0 aromatic carbocycles. The zero-order chi connectivity index (χ0) is 14.5. The number of nitrogens with one attached hydrogen (secondary N) is 1. The Balaban J connectivity index is 2.22. The van der Waals surface area contributed by atoms with Gasteiger partial charge in [-0.3, -0.25) is 4.79 Å². The van der Waals surface area contributed by atoms with Crippen LogP contribution in [-0.4, -0.2) is 68.7 Å². The van der Waals surface area contributed by atoms with E-state index in [0.29, 0.717) is 19.0 Å². The largest absolute Gasteiger partial charge is 0.401 e. The number of piperidine rings is 1. The zero-order valence-corrected chi connectivity index (χ0v) is 11.5. The van der Waals surface area contributed by atoms with Crippen molar-refractivity contribution in [2.75, 3.05) is 46.8 Å². The highest BCUT2D eigenvalue weighted by molar-refractivity contribution is 5.78. The molecule has 4 nitrogen and oxygen atoms in total. The van der Waals surface area contributed by atoms with Gasteiger partial charge in [0.1, 0.15) is 0 Å². The molecule has 1 aliphatic rings. The summed E-state index contributed by atoms with van der Waals surface area (Å²) >= 11 is 0. The van der Waals surface area contributed by atoms with Crippen molar-refractivity contribution in [3.63, 3.8) is 0 Å². The molecule has 1 fully saturated rings. The van der Waals surface area contributed by atoms with E-state index in [2.05, 4.69) is 10.2 Å². The Bertz CT molecular complexity index is 286. The van der Waals surface area contributed by atoms with Crippen molar-refractivity contribution in [1.82, 2.24) is 15.1 Å². The van der Waals surface area contributed by atoms with Crippen molar-refractivity contribution in [3.8, 4) is 0 Å². The Morgan fingerprint density at radius 1 is 1.32 bits per heavy atom. The molecule has 1 amide bonds. The molecule has 0 aromatic rings. The first-order valence-electron chi connectivity index (χ1n) is 6.48. The van der Waals surface area contributed by atoms with E-state index in [1.807, 2.05) is 14.1 Å². The van der Waals surface area contributed by atoms with E-state index < -0.39 is 12.7 Å². The summed E-state index contributed by atoms with van der Waals surface area (Å²) < 4.78 is 35.8. The predicted molar refractivity (Wildman–Crippen MR) is 66.8 cm³/mol. The standard InChI is InChI=1S/C12H22F3N3O/c1-17(2)8-10-3-5-18(6-4-10)11(19)7-16-9-12(13,14)15/h10,16H,3-9H2,1-2H3. The highest BCUT2D eigenvalue weighted by Gasteiger charge is 2.28.